The molecule has 32 heavy (non-hydrogen) atoms. The standard InChI is InChI=1S/C29H48O2Si/c1-20(15-18-30)24-11-12-25-23-10-9-21-19-22(31-32(7,8)27(2,3)4)13-16-28(21,5)26(23)14-17-29(24,25)6/h9-10,18,20,22,24-26H,11-17,19H2,1-8H3/t20-,22-,24+,25-,26-,28-,29+/m0/s1. The van der Waals surface area contributed by atoms with Crippen molar-refractivity contribution in [3.05, 3.63) is 23.3 Å². The van der Waals surface area contributed by atoms with Crippen LogP contribution in [0.15, 0.2) is 23.3 Å². The highest BCUT2D eigenvalue weighted by Crippen LogP contribution is 2.66. The van der Waals surface area contributed by atoms with Gasteiger partial charge in [-0.2, -0.15) is 0 Å². The third-order valence-electron chi connectivity index (χ3n) is 11.0. The molecule has 180 valence electrons. The second kappa shape index (κ2) is 8.22. The van der Waals surface area contributed by atoms with Crippen LogP contribution in [-0.2, 0) is 9.22 Å². The molecule has 3 fully saturated rings. The zero-order valence-electron chi connectivity index (χ0n) is 22.1. The van der Waals surface area contributed by atoms with E-state index < -0.39 is 8.32 Å². The number of hydrogen-bond acceptors (Lipinski definition) is 2. The lowest BCUT2D eigenvalue weighted by molar-refractivity contribution is -0.109. The fourth-order valence-corrected chi connectivity index (χ4v) is 9.34. The van der Waals surface area contributed by atoms with E-state index in [1.807, 2.05) is 0 Å². The third-order valence-corrected chi connectivity index (χ3v) is 15.6. The van der Waals surface area contributed by atoms with Crippen molar-refractivity contribution in [3.63, 3.8) is 0 Å². The molecule has 3 saturated carbocycles. The van der Waals surface area contributed by atoms with E-state index in [-0.39, 0.29) is 5.04 Å². The summed E-state index contributed by atoms with van der Waals surface area (Å²) in [4.78, 5) is 11.2. The highest BCUT2D eigenvalue weighted by molar-refractivity contribution is 6.74. The molecule has 0 aromatic heterocycles. The van der Waals surface area contributed by atoms with E-state index in [4.69, 9.17) is 4.43 Å². The van der Waals surface area contributed by atoms with Crippen molar-refractivity contribution in [2.24, 2.45) is 34.5 Å². The van der Waals surface area contributed by atoms with Crippen molar-refractivity contribution >= 4 is 14.6 Å². The Morgan fingerprint density at radius 3 is 2.47 bits per heavy atom. The largest absolute Gasteiger partial charge is 0.414 e. The second-order valence-electron chi connectivity index (χ2n) is 13.7. The average Bonchev–Trinajstić information content (AvgIpc) is 3.04. The van der Waals surface area contributed by atoms with Crippen molar-refractivity contribution in [1.29, 1.82) is 0 Å². The fraction of sp³-hybridized carbons (Fsp3) is 0.828. The summed E-state index contributed by atoms with van der Waals surface area (Å²) in [5.74, 6) is 2.66. The molecule has 0 amide bonds. The lowest BCUT2D eigenvalue weighted by Crippen LogP contribution is -2.49. The predicted molar refractivity (Wildman–Crippen MR) is 137 cm³/mol. The summed E-state index contributed by atoms with van der Waals surface area (Å²) >= 11 is 0. The number of hydrogen-bond donors (Lipinski definition) is 0. The van der Waals surface area contributed by atoms with Crippen LogP contribution in [0.3, 0.4) is 0 Å². The molecule has 0 N–H and O–H groups in total. The number of carbonyl (C=O) groups is 1. The molecule has 0 radical (unpaired) electrons. The van der Waals surface area contributed by atoms with Gasteiger partial charge in [0.25, 0.3) is 0 Å². The minimum atomic E-state index is -1.73. The smallest absolute Gasteiger partial charge is 0.192 e. The Hall–Kier alpha value is -0.673. The maximum atomic E-state index is 11.2. The second-order valence-corrected chi connectivity index (χ2v) is 18.5. The monoisotopic (exact) mass is 456 g/mol. The number of fused-ring (bicyclic) bond motifs is 5. The first-order valence-electron chi connectivity index (χ1n) is 13.4. The quantitative estimate of drug-likeness (QED) is 0.308. The highest BCUT2D eigenvalue weighted by Gasteiger charge is 2.57. The minimum Gasteiger partial charge on any atom is -0.414 e. The van der Waals surface area contributed by atoms with E-state index in [2.05, 4.69) is 66.8 Å². The van der Waals surface area contributed by atoms with Crippen LogP contribution in [0.4, 0.5) is 0 Å². The molecule has 0 unspecified atom stereocenters. The lowest BCUT2D eigenvalue weighted by Gasteiger charge is -2.56. The maximum Gasteiger partial charge on any atom is 0.192 e. The van der Waals surface area contributed by atoms with Crippen LogP contribution in [0.25, 0.3) is 0 Å². The molecule has 0 heterocycles. The van der Waals surface area contributed by atoms with Gasteiger partial charge in [-0.05, 0) is 97.6 Å². The molecular formula is C29H48O2Si. The topological polar surface area (TPSA) is 26.3 Å². The summed E-state index contributed by atoms with van der Waals surface area (Å²) in [6, 6.07) is 0. The zero-order valence-corrected chi connectivity index (χ0v) is 23.1. The molecule has 4 aliphatic rings. The first-order valence-corrected chi connectivity index (χ1v) is 16.3. The molecule has 0 aromatic carbocycles. The molecular weight excluding hydrogens is 408 g/mol. The summed E-state index contributed by atoms with van der Waals surface area (Å²) in [5, 5.41) is 0.273. The molecule has 4 rings (SSSR count). The fourth-order valence-electron chi connectivity index (χ4n) is 7.95. The normalized spacial score (nSPS) is 40.5. The van der Waals surface area contributed by atoms with Crippen LogP contribution in [0.2, 0.25) is 18.1 Å². The van der Waals surface area contributed by atoms with Crippen LogP contribution in [-0.4, -0.2) is 20.7 Å². The molecule has 3 heteroatoms. The lowest BCUT2D eigenvalue weighted by atomic mass is 9.50. The first kappa shape index (κ1) is 24.5. The zero-order chi connectivity index (χ0) is 23.5. The highest BCUT2D eigenvalue weighted by atomic mass is 28.4. The van der Waals surface area contributed by atoms with E-state index in [9.17, 15) is 4.79 Å². The summed E-state index contributed by atoms with van der Waals surface area (Å²) in [6.07, 6.45) is 16.2. The Bertz CT molecular complexity index is 802. The van der Waals surface area contributed by atoms with E-state index >= 15 is 0 Å². The van der Waals surface area contributed by atoms with Crippen LogP contribution in [0.1, 0.15) is 92.9 Å². The van der Waals surface area contributed by atoms with Crippen molar-refractivity contribution < 1.29 is 9.22 Å². The van der Waals surface area contributed by atoms with Gasteiger partial charge in [0.05, 0.1) is 0 Å². The van der Waals surface area contributed by atoms with E-state index in [0.717, 1.165) is 31.0 Å². The summed E-state index contributed by atoms with van der Waals surface area (Å²) < 4.78 is 6.87. The third kappa shape index (κ3) is 3.84. The van der Waals surface area contributed by atoms with Gasteiger partial charge in [0.1, 0.15) is 6.29 Å². The van der Waals surface area contributed by atoms with Gasteiger partial charge in [-0.1, -0.05) is 64.8 Å². The molecule has 7 atom stereocenters. The molecule has 0 aliphatic heterocycles. The summed E-state index contributed by atoms with van der Waals surface area (Å²) in [6.45, 7) is 19.3. The van der Waals surface area contributed by atoms with E-state index in [1.54, 1.807) is 11.1 Å². The van der Waals surface area contributed by atoms with Crippen LogP contribution < -0.4 is 0 Å². The number of aldehydes is 1. The van der Waals surface area contributed by atoms with Gasteiger partial charge in [-0.25, -0.2) is 0 Å². The molecule has 0 bridgehead atoms. The Balaban J connectivity index is 1.56. The Kier molecular flexibility index (Phi) is 6.28. The van der Waals surface area contributed by atoms with Crippen molar-refractivity contribution in [3.8, 4) is 0 Å². The number of carbonyl (C=O) groups excluding carboxylic acids is 1. The molecule has 2 nitrogen and oxygen atoms in total. The van der Waals surface area contributed by atoms with Crippen molar-refractivity contribution in [2.45, 2.75) is 117 Å². The van der Waals surface area contributed by atoms with Gasteiger partial charge in [-0.3, -0.25) is 0 Å². The van der Waals surface area contributed by atoms with E-state index in [1.165, 1.54) is 38.5 Å². The van der Waals surface area contributed by atoms with Crippen molar-refractivity contribution in [1.82, 2.24) is 0 Å². The Morgan fingerprint density at radius 1 is 1.09 bits per heavy atom. The molecule has 0 spiro atoms. The predicted octanol–water partition coefficient (Wildman–Crippen LogP) is 8.10. The van der Waals surface area contributed by atoms with Crippen molar-refractivity contribution in [2.75, 3.05) is 0 Å². The van der Waals surface area contributed by atoms with Gasteiger partial charge in [0.15, 0.2) is 8.32 Å². The summed E-state index contributed by atoms with van der Waals surface area (Å²) in [5.41, 5.74) is 4.13. The molecule has 0 aromatic rings. The minimum absolute atomic E-state index is 0.273. The Labute approximate surface area is 198 Å². The van der Waals surface area contributed by atoms with Gasteiger partial charge < -0.3 is 9.22 Å². The number of rotatable bonds is 5. The van der Waals surface area contributed by atoms with Gasteiger partial charge in [0.2, 0.25) is 0 Å². The van der Waals surface area contributed by atoms with Crippen LogP contribution in [0.5, 0.6) is 0 Å². The first-order chi connectivity index (χ1) is 14.8. The van der Waals surface area contributed by atoms with Gasteiger partial charge in [0, 0.05) is 12.5 Å². The van der Waals surface area contributed by atoms with Crippen LogP contribution in [0, 0.1) is 34.5 Å². The SMILES string of the molecule is C[C@@H](CC=O)[C@H]1CC[C@H]2C3=CC=C4C[C@@H](O[Si](C)(C)C(C)(C)C)CC[C@]4(C)[C@H]3CC[C@]12C. The average molecular weight is 457 g/mol. The van der Waals surface area contributed by atoms with Crippen LogP contribution >= 0.6 is 0 Å². The molecule has 0 saturated heterocycles. The van der Waals surface area contributed by atoms with Gasteiger partial charge >= 0.3 is 0 Å². The Morgan fingerprint density at radius 2 is 1.81 bits per heavy atom. The summed E-state index contributed by atoms with van der Waals surface area (Å²) in [7, 11) is -1.73. The maximum absolute atomic E-state index is 11.2. The van der Waals surface area contributed by atoms with E-state index in [0.29, 0.717) is 28.8 Å². The van der Waals surface area contributed by atoms with Gasteiger partial charge in [-0.15, -0.1) is 0 Å². The molecule has 4 aliphatic carbocycles. The number of allylic oxidation sites excluding steroid dienone is 3.